The number of hydrogen-bond donors (Lipinski definition) is 2. The molecule has 0 saturated carbocycles. The number of ether oxygens (including phenoxy) is 1. The number of rotatable bonds is 8. The zero-order valence-electron chi connectivity index (χ0n) is 13.5. The molecular formula is C16H26N2O3. The molecule has 0 aromatic heterocycles. The summed E-state index contributed by atoms with van der Waals surface area (Å²) in [6.45, 7) is 5.16. The molecule has 21 heavy (non-hydrogen) atoms. The second-order valence-corrected chi connectivity index (χ2v) is 5.95. The largest absolute Gasteiger partial charge is 0.497 e. The van der Waals surface area contributed by atoms with Crippen molar-refractivity contribution in [3.05, 3.63) is 23.8 Å². The van der Waals surface area contributed by atoms with Crippen LogP contribution in [0.4, 0.5) is 5.69 Å². The Hall–Kier alpha value is -1.75. The van der Waals surface area contributed by atoms with Crippen LogP contribution in [0, 0.1) is 5.92 Å². The zero-order chi connectivity index (χ0) is 16.0. The number of nitrogens with zero attached hydrogens (tertiary/aromatic N) is 1. The number of aromatic carboxylic acids is 1. The molecular weight excluding hydrogens is 268 g/mol. The van der Waals surface area contributed by atoms with E-state index in [0.29, 0.717) is 17.4 Å². The van der Waals surface area contributed by atoms with E-state index in [9.17, 15) is 9.90 Å². The summed E-state index contributed by atoms with van der Waals surface area (Å²) in [5, 5.41) is 12.7. The van der Waals surface area contributed by atoms with Gasteiger partial charge < -0.3 is 20.1 Å². The van der Waals surface area contributed by atoms with Crippen LogP contribution in [-0.2, 0) is 0 Å². The van der Waals surface area contributed by atoms with Crippen molar-refractivity contribution in [3.8, 4) is 5.75 Å². The Bertz CT molecular complexity index is 463. The number of carboxylic acid groups (broad SMARTS) is 1. The van der Waals surface area contributed by atoms with Crippen LogP contribution in [0.5, 0.6) is 5.75 Å². The van der Waals surface area contributed by atoms with Crippen LogP contribution in [0.15, 0.2) is 18.2 Å². The Morgan fingerprint density at radius 3 is 2.52 bits per heavy atom. The first-order valence-electron chi connectivity index (χ1n) is 7.16. The number of carboxylic acids is 1. The van der Waals surface area contributed by atoms with E-state index in [1.54, 1.807) is 25.3 Å². The molecule has 1 rings (SSSR count). The number of carbonyl (C=O) groups is 1. The van der Waals surface area contributed by atoms with Crippen LogP contribution in [0.1, 0.15) is 30.6 Å². The van der Waals surface area contributed by atoms with Crippen molar-refractivity contribution in [1.29, 1.82) is 0 Å². The standard InChI is InChI=1S/C16H26N2O3/c1-11(2)8-12(10-18(3)4)17-15-9-13(21-5)6-7-14(15)16(19)20/h6-7,9,11-12,17H,8,10H2,1-5H3,(H,19,20). The van der Waals surface area contributed by atoms with Crippen molar-refractivity contribution < 1.29 is 14.6 Å². The maximum absolute atomic E-state index is 11.4. The zero-order valence-corrected chi connectivity index (χ0v) is 13.5. The third kappa shape index (κ3) is 5.63. The summed E-state index contributed by atoms with van der Waals surface area (Å²) in [6, 6.07) is 5.17. The van der Waals surface area contributed by atoms with Gasteiger partial charge in [-0.2, -0.15) is 0 Å². The molecule has 0 aliphatic carbocycles. The first kappa shape index (κ1) is 17.3. The third-order valence-electron chi connectivity index (χ3n) is 3.16. The van der Waals surface area contributed by atoms with Gasteiger partial charge in [0.1, 0.15) is 5.75 Å². The van der Waals surface area contributed by atoms with Crippen LogP contribution in [-0.4, -0.2) is 49.8 Å². The van der Waals surface area contributed by atoms with Gasteiger partial charge in [0.05, 0.1) is 18.4 Å². The minimum Gasteiger partial charge on any atom is -0.497 e. The molecule has 0 amide bonds. The maximum atomic E-state index is 11.4. The molecule has 5 heteroatoms. The highest BCUT2D eigenvalue weighted by Gasteiger charge is 2.17. The topological polar surface area (TPSA) is 61.8 Å². The van der Waals surface area contributed by atoms with Crippen molar-refractivity contribution in [3.63, 3.8) is 0 Å². The number of nitrogens with one attached hydrogen (secondary N) is 1. The molecule has 0 fully saturated rings. The van der Waals surface area contributed by atoms with Gasteiger partial charge in [-0.15, -0.1) is 0 Å². The fourth-order valence-corrected chi connectivity index (χ4v) is 2.37. The molecule has 0 spiro atoms. The molecule has 0 aliphatic rings. The van der Waals surface area contributed by atoms with Crippen LogP contribution < -0.4 is 10.1 Å². The van der Waals surface area contributed by atoms with Crippen LogP contribution in [0.25, 0.3) is 0 Å². The van der Waals surface area contributed by atoms with Gasteiger partial charge in [-0.1, -0.05) is 13.8 Å². The molecule has 5 nitrogen and oxygen atoms in total. The highest BCUT2D eigenvalue weighted by Crippen LogP contribution is 2.24. The fourth-order valence-electron chi connectivity index (χ4n) is 2.37. The van der Waals surface area contributed by atoms with E-state index in [4.69, 9.17) is 4.74 Å². The lowest BCUT2D eigenvalue weighted by Crippen LogP contribution is -2.34. The Balaban J connectivity index is 3.02. The number of methoxy groups -OCH3 is 1. The second-order valence-electron chi connectivity index (χ2n) is 5.95. The molecule has 1 atom stereocenters. The van der Waals surface area contributed by atoms with Gasteiger partial charge >= 0.3 is 5.97 Å². The Kier molecular flexibility index (Phi) is 6.49. The van der Waals surface area contributed by atoms with E-state index in [0.717, 1.165) is 13.0 Å². The van der Waals surface area contributed by atoms with Crippen LogP contribution >= 0.6 is 0 Å². The molecule has 118 valence electrons. The molecule has 0 radical (unpaired) electrons. The summed E-state index contributed by atoms with van der Waals surface area (Å²) in [6.07, 6.45) is 0.967. The second kappa shape index (κ2) is 7.88. The van der Waals surface area contributed by atoms with Gasteiger partial charge in [-0.05, 0) is 38.6 Å². The number of anilines is 1. The minimum absolute atomic E-state index is 0.185. The van der Waals surface area contributed by atoms with Crippen molar-refractivity contribution in [2.45, 2.75) is 26.3 Å². The summed E-state index contributed by atoms with van der Waals surface area (Å²) in [4.78, 5) is 13.5. The number of hydrogen-bond acceptors (Lipinski definition) is 4. The molecule has 1 unspecified atom stereocenters. The fraction of sp³-hybridized carbons (Fsp3) is 0.562. The third-order valence-corrected chi connectivity index (χ3v) is 3.16. The van der Waals surface area contributed by atoms with E-state index in [1.165, 1.54) is 0 Å². The lowest BCUT2D eigenvalue weighted by atomic mass is 10.0. The first-order valence-corrected chi connectivity index (χ1v) is 7.16. The molecule has 0 heterocycles. The molecule has 0 aliphatic heterocycles. The average Bonchev–Trinajstić information content (AvgIpc) is 2.36. The molecule has 1 aromatic rings. The van der Waals surface area contributed by atoms with Crippen LogP contribution in [0.3, 0.4) is 0 Å². The molecule has 0 saturated heterocycles. The van der Waals surface area contributed by atoms with E-state index in [1.807, 2.05) is 14.1 Å². The quantitative estimate of drug-likeness (QED) is 0.772. The summed E-state index contributed by atoms with van der Waals surface area (Å²) in [5.41, 5.74) is 0.873. The highest BCUT2D eigenvalue weighted by molar-refractivity contribution is 5.94. The lowest BCUT2D eigenvalue weighted by Gasteiger charge is -2.26. The highest BCUT2D eigenvalue weighted by atomic mass is 16.5. The predicted molar refractivity (Wildman–Crippen MR) is 85.4 cm³/mol. The van der Waals surface area contributed by atoms with E-state index in [2.05, 4.69) is 24.1 Å². The lowest BCUT2D eigenvalue weighted by molar-refractivity contribution is 0.0698. The molecule has 0 bridgehead atoms. The van der Waals surface area contributed by atoms with Gasteiger partial charge in [0.2, 0.25) is 0 Å². The summed E-state index contributed by atoms with van der Waals surface area (Å²) in [5.74, 6) is 0.241. The molecule has 1 aromatic carbocycles. The van der Waals surface area contributed by atoms with Gasteiger partial charge in [-0.25, -0.2) is 4.79 Å². The van der Waals surface area contributed by atoms with Gasteiger partial charge in [0, 0.05) is 18.7 Å². The number of likely N-dealkylation sites (N-methyl/N-ethyl adjacent to an activating group) is 1. The van der Waals surface area contributed by atoms with E-state index < -0.39 is 5.97 Å². The van der Waals surface area contributed by atoms with Gasteiger partial charge in [0.25, 0.3) is 0 Å². The smallest absolute Gasteiger partial charge is 0.337 e. The maximum Gasteiger partial charge on any atom is 0.337 e. The van der Waals surface area contributed by atoms with Gasteiger partial charge in [-0.3, -0.25) is 0 Å². The van der Waals surface area contributed by atoms with Crippen molar-refractivity contribution >= 4 is 11.7 Å². The van der Waals surface area contributed by atoms with Crippen molar-refractivity contribution in [2.24, 2.45) is 5.92 Å². The van der Waals surface area contributed by atoms with E-state index >= 15 is 0 Å². The van der Waals surface area contributed by atoms with Crippen molar-refractivity contribution in [2.75, 3.05) is 33.1 Å². The summed E-state index contributed by atoms with van der Waals surface area (Å²) >= 11 is 0. The number of benzene rings is 1. The monoisotopic (exact) mass is 294 g/mol. The minimum atomic E-state index is -0.937. The Morgan fingerprint density at radius 1 is 1.38 bits per heavy atom. The Morgan fingerprint density at radius 2 is 2.05 bits per heavy atom. The SMILES string of the molecule is COc1ccc(C(=O)O)c(NC(CC(C)C)CN(C)C)c1. The normalized spacial score (nSPS) is 12.5. The van der Waals surface area contributed by atoms with Crippen LogP contribution in [0.2, 0.25) is 0 Å². The molecule has 2 N–H and O–H groups in total. The Labute approximate surface area is 126 Å². The summed E-state index contributed by atoms with van der Waals surface area (Å²) in [7, 11) is 5.60. The first-order chi connectivity index (χ1) is 9.83. The van der Waals surface area contributed by atoms with E-state index in [-0.39, 0.29) is 11.6 Å². The van der Waals surface area contributed by atoms with Crippen molar-refractivity contribution in [1.82, 2.24) is 4.90 Å². The summed E-state index contributed by atoms with van der Waals surface area (Å²) < 4.78 is 5.19. The average molecular weight is 294 g/mol. The predicted octanol–water partition coefficient (Wildman–Crippen LogP) is 2.78. The van der Waals surface area contributed by atoms with Gasteiger partial charge in [0.15, 0.2) is 0 Å².